The fraction of sp³-hybridized carbons (Fsp3) is 0.400. The van der Waals surface area contributed by atoms with Crippen molar-refractivity contribution in [2.45, 2.75) is 44.4 Å². The number of carbonyl (C=O) groups excluding carboxylic acids is 4. The number of ketones is 2. The smallest absolute Gasteiger partial charge is 0.404 e. The summed E-state index contributed by atoms with van der Waals surface area (Å²) < 4.78 is 22.3. The molecule has 1 aliphatic carbocycles. The third kappa shape index (κ3) is 4.31. The Hall–Kier alpha value is -2.78. The fourth-order valence-corrected chi connectivity index (χ4v) is 10.5. The van der Waals surface area contributed by atoms with E-state index in [0.717, 1.165) is 23.5 Å². The summed E-state index contributed by atoms with van der Waals surface area (Å²) in [5.74, 6) is -4.28. The van der Waals surface area contributed by atoms with E-state index in [2.05, 4.69) is 0 Å². The van der Waals surface area contributed by atoms with E-state index in [-0.39, 0.29) is 49.6 Å². The SMILES string of the molecule is CO[C@@]12[C@H](COC(N)=O)C3=C(C(=O)C(Sc4ccc(Cl)cc4)(Sc4ccc(Cl)cc4)C4(OCCO4)C3=O)N1C[C@H]1[C@@H]2N1C(C)=O. The highest BCUT2D eigenvalue weighted by Gasteiger charge is 2.81. The Morgan fingerprint density at radius 2 is 1.53 bits per heavy atom. The van der Waals surface area contributed by atoms with Crippen molar-refractivity contribution in [2.75, 3.05) is 33.5 Å². The number of fused-ring (bicyclic) bond motifs is 4. The number of amides is 2. The van der Waals surface area contributed by atoms with Gasteiger partial charge in [0.15, 0.2) is 9.80 Å². The zero-order valence-corrected chi connectivity index (χ0v) is 27.1. The number of Topliss-reactive ketones (excluding diaryl/α,β-unsaturated/α-hetero) is 2. The number of ether oxygens (including phenoxy) is 4. The van der Waals surface area contributed by atoms with Crippen LogP contribution >= 0.6 is 46.7 Å². The minimum Gasteiger partial charge on any atom is -0.449 e. The summed E-state index contributed by atoms with van der Waals surface area (Å²) in [5.41, 5.74) is 4.16. The van der Waals surface area contributed by atoms with Gasteiger partial charge in [-0.25, -0.2) is 4.79 Å². The van der Waals surface area contributed by atoms with Crippen LogP contribution in [0.3, 0.4) is 0 Å². The van der Waals surface area contributed by atoms with E-state index in [1.807, 2.05) is 0 Å². The van der Waals surface area contributed by atoms with E-state index in [9.17, 15) is 9.59 Å². The zero-order chi connectivity index (χ0) is 31.9. The molecule has 0 saturated carbocycles. The van der Waals surface area contributed by atoms with Crippen molar-refractivity contribution < 1.29 is 38.1 Å². The Morgan fingerprint density at radius 1 is 0.978 bits per heavy atom. The van der Waals surface area contributed by atoms with Crippen molar-refractivity contribution in [1.29, 1.82) is 0 Å². The molecule has 3 saturated heterocycles. The molecular weight excluding hydrogens is 665 g/mol. The lowest BCUT2D eigenvalue weighted by molar-refractivity contribution is -0.184. The Bertz CT molecular complexity index is 1600. The summed E-state index contributed by atoms with van der Waals surface area (Å²) in [6, 6.07) is 13.0. The Labute approximate surface area is 276 Å². The van der Waals surface area contributed by atoms with Crippen molar-refractivity contribution in [2.24, 2.45) is 11.7 Å². The second-order valence-corrected chi connectivity index (χ2v) is 14.9. The normalized spacial score (nSPS) is 28.8. The van der Waals surface area contributed by atoms with Gasteiger partial charge < -0.3 is 34.5 Å². The van der Waals surface area contributed by atoms with Gasteiger partial charge in [-0.1, -0.05) is 46.7 Å². The molecule has 2 amide bonds. The maximum absolute atomic E-state index is 15.4. The van der Waals surface area contributed by atoms with E-state index in [1.165, 1.54) is 14.0 Å². The molecule has 11 nitrogen and oxygen atoms in total. The minimum absolute atomic E-state index is 0.0517. The molecule has 4 heterocycles. The van der Waals surface area contributed by atoms with Crippen LogP contribution < -0.4 is 5.73 Å². The Balaban J connectivity index is 1.44. The number of methoxy groups -OCH3 is 1. The number of hydrogen-bond acceptors (Lipinski definition) is 11. The molecule has 2 aromatic rings. The lowest BCUT2D eigenvalue weighted by Gasteiger charge is -2.46. The van der Waals surface area contributed by atoms with Crippen LogP contribution in [-0.2, 0) is 33.3 Å². The largest absolute Gasteiger partial charge is 0.449 e. The number of allylic oxidation sites excluding steroid dienone is 1. The summed E-state index contributed by atoms with van der Waals surface area (Å²) in [4.78, 5) is 59.6. The molecule has 0 radical (unpaired) electrons. The van der Waals surface area contributed by atoms with Crippen LogP contribution in [0.15, 0.2) is 69.6 Å². The number of benzene rings is 2. The fourth-order valence-electron chi connectivity index (χ4n) is 7.24. The van der Waals surface area contributed by atoms with E-state index in [4.69, 9.17) is 47.9 Å². The van der Waals surface area contributed by atoms with Crippen LogP contribution in [0.4, 0.5) is 4.79 Å². The number of nitrogens with two attached hydrogens (primary N) is 1. The lowest BCUT2D eigenvalue weighted by Crippen LogP contribution is -2.65. The van der Waals surface area contributed by atoms with Gasteiger partial charge in [0, 0.05) is 46.0 Å². The first-order chi connectivity index (χ1) is 21.5. The molecule has 0 bridgehead atoms. The number of primary amides is 1. The number of hydrogen-bond donors (Lipinski definition) is 1. The number of piperazine rings is 1. The summed E-state index contributed by atoms with van der Waals surface area (Å²) in [6.07, 6.45) is -1.06. The first kappa shape index (κ1) is 30.9. The van der Waals surface area contributed by atoms with Gasteiger partial charge in [0.2, 0.25) is 17.5 Å². The standard InChI is InChI=1S/C30H27Cl2N3O8S2/c1-15(36)35-21-13-34-23-22(20(14-41-27(33)39)28(34,40-2)24(21)35)25(37)29(42-11-12-43-29)30(26(23)38,44-18-7-3-16(31)4-8-18)45-19-9-5-17(32)6-10-19/h3-10,20-21,24H,11-14H2,1-2H3,(H2,33,39)/t20-,21+,24+,28-,35?/m1/s1. The first-order valence-electron chi connectivity index (χ1n) is 14.1. The second kappa shape index (κ2) is 10.9. The van der Waals surface area contributed by atoms with Gasteiger partial charge in [0.25, 0.3) is 5.79 Å². The van der Waals surface area contributed by atoms with Gasteiger partial charge in [0.1, 0.15) is 12.6 Å². The topological polar surface area (TPSA) is 137 Å². The molecule has 4 atom stereocenters. The Kier molecular flexibility index (Phi) is 7.47. The third-order valence-electron chi connectivity index (χ3n) is 8.94. The lowest BCUT2D eigenvalue weighted by atomic mass is 9.79. The van der Waals surface area contributed by atoms with Gasteiger partial charge >= 0.3 is 6.09 Å². The Morgan fingerprint density at radius 3 is 2.02 bits per heavy atom. The summed E-state index contributed by atoms with van der Waals surface area (Å²) in [6.45, 7) is 1.41. The van der Waals surface area contributed by atoms with Crippen molar-refractivity contribution in [3.8, 4) is 0 Å². The van der Waals surface area contributed by atoms with Crippen LogP contribution in [0.25, 0.3) is 0 Å². The summed E-state index contributed by atoms with van der Waals surface area (Å²) >= 11 is 14.7. The van der Waals surface area contributed by atoms with Crippen LogP contribution in [0.1, 0.15) is 6.92 Å². The summed E-state index contributed by atoms with van der Waals surface area (Å²) in [7, 11) is 1.45. The highest BCUT2D eigenvalue weighted by molar-refractivity contribution is 8.19. The number of carbonyl (C=O) groups is 4. The van der Waals surface area contributed by atoms with Crippen molar-refractivity contribution in [3.05, 3.63) is 69.8 Å². The highest BCUT2D eigenvalue weighted by atomic mass is 35.5. The molecule has 1 spiro atoms. The monoisotopic (exact) mass is 691 g/mol. The second-order valence-electron chi connectivity index (χ2n) is 11.2. The molecule has 4 aliphatic heterocycles. The first-order valence-corrected chi connectivity index (χ1v) is 16.4. The molecular formula is C30H27Cl2N3O8S2. The van der Waals surface area contributed by atoms with Crippen molar-refractivity contribution >= 4 is 70.3 Å². The predicted octanol–water partition coefficient (Wildman–Crippen LogP) is 3.71. The van der Waals surface area contributed by atoms with Gasteiger partial charge in [-0.05, 0) is 48.5 Å². The minimum atomic E-state index is -2.08. The van der Waals surface area contributed by atoms with Gasteiger partial charge in [0.05, 0.1) is 30.9 Å². The molecule has 2 aromatic carbocycles. The quantitative estimate of drug-likeness (QED) is 0.336. The molecule has 0 unspecified atom stereocenters. The zero-order valence-electron chi connectivity index (χ0n) is 24.0. The maximum Gasteiger partial charge on any atom is 0.404 e. The van der Waals surface area contributed by atoms with Crippen molar-refractivity contribution in [1.82, 2.24) is 9.80 Å². The summed E-state index contributed by atoms with van der Waals surface area (Å²) in [5, 5.41) is 1.00. The number of thioether (sulfide) groups is 2. The van der Waals surface area contributed by atoms with Gasteiger partial charge in [-0.3, -0.25) is 14.4 Å². The predicted molar refractivity (Wildman–Crippen MR) is 165 cm³/mol. The third-order valence-corrected chi connectivity index (χ3v) is 12.4. The van der Waals surface area contributed by atoms with Crippen LogP contribution in [0, 0.1) is 5.92 Å². The maximum atomic E-state index is 15.4. The molecule has 3 fully saturated rings. The number of nitrogens with zero attached hydrogens (tertiary/aromatic N) is 2. The van der Waals surface area contributed by atoms with Crippen LogP contribution in [0.5, 0.6) is 0 Å². The van der Waals surface area contributed by atoms with E-state index < -0.39 is 45.2 Å². The molecule has 0 aromatic heterocycles. The average Bonchev–Trinajstić information content (AvgIpc) is 3.29. The van der Waals surface area contributed by atoms with E-state index in [0.29, 0.717) is 19.8 Å². The highest BCUT2D eigenvalue weighted by Crippen LogP contribution is 2.66. The van der Waals surface area contributed by atoms with Gasteiger partial charge in [-0.15, -0.1) is 0 Å². The number of rotatable bonds is 7. The molecule has 15 heteroatoms. The van der Waals surface area contributed by atoms with E-state index in [1.54, 1.807) is 58.3 Å². The molecule has 45 heavy (non-hydrogen) atoms. The number of halogens is 2. The average molecular weight is 693 g/mol. The van der Waals surface area contributed by atoms with Crippen LogP contribution in [0.2, 0.25) is 10.0 Å². The van der Waals surface area contributed by atoms with E-state index >= 15 is 9.59 Å². The molecule has 236 valence electrons. The van der Waals surface area contributed by atoms with Crippen molar-refractivity contribution in [3.63, 3.8) is 0 Å². The van der Waals surface area contributed by atoms with Crippen LogP contribution in [-0.4, -0.2) is 94.5 Å². The van der Waals surface area contributed by atoms with Gasteiger partial charge in [-0.2, -0.15) is 0 Å². The molecule has 2 N–H and O–H groups in total. The molecule has 7 rings (SSSR count). The molecule has 5 aliphatic rings.